The van der Waals surface area contributed by atoms with Crippen LogP contribution in [0.2, 0.25) is 0 Å². The Balaban J connectivity index is 2.01. The minimum atomic E-state index is 0.0218. The second-order valence-electron chi connectivity index (χ2n) is 4.80. The highest BCUT2D eigenvalue weighted by Gasteiger charge is 2.20. The Hall–Kier alpha value is -0.390. The van der Waals surface area contributed by atoms with Crippen LogP contribution in [0.25, 0.3) is 0 Å². The van der Waals surface area contributed by atoms with Crippen molar-refractivity contribution >= 4 is 37.8 Å². The van der Waals surface area contributed by atoms with Gasteiger partial charge in [-0.2, -0.15) is 0 Å². The van der Waals surface area contributed by atoms with Gasteiger partial charge in [0.2, 0.25) is 0 Å². The summed E-state index contributed by atoms with van der Waals surface area (Å²) in [7, 11) is 1.83. The van der Waals surface area contributed by atoms with E-state index < -0.39 is 0 Å². The lowest BCUT2D eigenvalue weighted by atomic mass is 10.1. The van der Waals surface area contributed by atoms with Crippen LogP contribution in [0.3, 0.4) is 0 Å². The minimum absolute atomic E-state index is 0.0218. The molecule has 1 heterocycles. The third kappa shape index (κ3) is 4.04. The van der Waals surface area contributed by atoms with Crippen molar-refractivity contribution in [3.05, 3.63) is 32.7 Å². The standard InChI is InChI=1S/C14H17Br2NO2/c1-17(9-11-4-2-3-7-19-11)14(18)12-6-5-10(15)8-13(12)16/h5-6,8,11H,2-4,7,9H2,1H3. The summed E-state index contributed by atoms with van der Waals surface area (Å²) in [5.74, 6) is 0.0218. The van der Waals surface area contributed by atoms with Crippen molar-refractivity contribution < 1.29 is 9.53 Å². The molecule has 0 saturated carbocycles. The highest BCUT2D eigenvalue weighted by Crippen LogP contribution is 2.23. The SMILES string of the molecule is CN(CC1CCCCO1)C(=O)c1ccc(Br)cc1Br. The number of carbonyl (C=O) groups excluding carboxylic acids is 1. The van der Waals surface area contributed by atoms with Crippen molar-refractivity contribution in [1.82, 2.24) is 4.90 Å². The number of hydrogen-bond acceptors (Lipinski definition) is 2. The van der Waals surface area contributed by atoms with Gasteiger partial charge in [0.25, 0.3) is 5.91 Å². The summed E-state index contributed by atoms with van der Waals surface area (Å²) in [6.07, 6.45) is 3.54. The lowest BCUT2D eigenvalue weighted by Crippen LogP contribution is -2.37. The fraction of sp³-hybridized carbons (Fsp3) is 0.500. The van der Waals surface area contributed by atoms with E-state index >= 15 is 0 Å². The van der Waals surface area contributed by atoms with Gasteiger partial charge in [0.05, 0.1) is 11.7 Å². The molecule has 2 rings (SSSR count). The first-order valence-electron chi connectivity index (χ1n) is 6.40. The number of likely N-dealkylation sites (N-methyl/N-ethyl adjacent to an activating group) is 1. The predicted molar refractivity (Wildman–Crippen MR) is 82.4 cm³/mol. The van der Waals surface area contributed by atoms with E-state index in [0.29, 0.717) is 12.1 Å². The number of carbonyl (C=O) groups is 1. The molecule has 0 bridgehead atoms. The molecule has 104 valence electrons. The number of rotatable bonds is 3. The summed E-state index contributed by atoms with van der Waals surface area (Å²) in [5, 5.41) is 0. The zero-order valence-electron chi connectivity index (χ0n) is 10.9. The van der Waals surface area contributed by atoms with E-state index in [9.17, 15) is 4.79 Å². The van der Waals surface area contributed by atoms with Crippen molar-refractivity contribution in [2.45, 2.75) is 25.4 Å². The number of halogens is 2. The van der Waals surface area contributed by atoms with Crippen LogP contribution >= 0.6 is 31.9 Å². The van der Waals surface area contributed by atoms with Crippen LogP contribution in [-0.2, 0) is 4.74 Å². The first kappa shape index (κ1) is 15.0. The van der Waals surface area contributed by atoms with Crippen molar-refractivity contribution in [3.8, 4) is 0 Å². The van der Waals surface area contributed by atoms with Gasteiger partial charge in [-0.3, -0.25) is 4.79 Å². The molecular weight excluding hydrogens is 374 g/mol. The Morgan fingerprint density at radius 2 is 2.21 bits per heavy atom. The van der Waals surface area contributed by atoms with Gasteiger partial charge >= 0.3 is 0 Å². The monoisotopic (exact) mass is 389 g/mol. The Bertz CT molecular complexity index is 459. The Labute approximate surface area is 130 Å². The van der Waals surface area contributed by atoms with Gasteiger partial charge < -0.3 is 9.64 Å². The molecule has 1 atom stereocenters. The molecule has 0 radical (unpaired) electrons. The fourth-order valence-corrected chi connectivity index (χ4v) is 3.42. The largest absolute Gasteiger partial charge is 0.376 e. The Morgan fingerprint density at radius 3 is 2.84 bits per heavy atom. The molecule has 1 aromatic carbocycles. The first-order chi connectivity index (χ1) is 9.08. The van der Waals surface area contributed by atoms with Crippen molar-refractivity contribution in [3.63, 3.8) is 0 Å². The predicted octanol–water partition coefficient (Wildman–Crippen LogP) is 3.85. The van der Waals surface area contributed by atoms with Gasteiger partial charge in [-0.1, -0.05) is 15.9 Å². The maximum Gasteiger partial charge on any atom is 0.254 e. The summed E-state index contributed by atoms with van der Waals surface area (Å²) in [4.78, 5) is 14.1. The normalized spacial score (nSPS) is 19.2. The van der Waals surface area contributed by atoms with Crippen LogP contribution in [0, 0.1) is 0 Å². The van der Waals surface area contributed by atoms with E-state index in [1.807, 2.05) is 25.2 Å². The van der Waals surface area contributed by atoms with Crippen LogP contribution in [0.5, 0.6) is 0 Å². The summed E-state index contributed by atoms with van der Waals surface area (Å²) < 4.78 is 7.43. The van der Waals surface area contributed by atoms with E-state index in [-0.39, 0.29) is 12.0 Å². The molecule has 1 saturated heterocycles. The van der Waals surface area contributed by atoms with Crippen molar-refractivity contribution in [2.24, 2.45) is 0 Å². The Kier molecular flexibility index (Phi) is 5.42. The first-order valence-corrected chi connectivity index (χ1v) is 7.98. The van der Waals surface area contributed by atoms with E-state index in [2.05, 4.69) is 31.9 Å². The van der Waals surface area contributed by atoms with E-state index in [1.165, 1.54) is 6.42 Å². The molecule has 1 aliphatic rings. The Morgan fingerprint density at radius 1 is 1.42 bits per heavy atom. The summed E-state index contributed by atoms with van der Waals surface area (Å²) in [6.45, 7) is 1.47. The second kappa shape index (κ2) is 6.86. The quantitative estimate of drug-likeness (QED) is 0.784. The number of amides is 1. The maximum absolute atomic E-state index is 12.4. The average Bonchev–Trinajstić information content (AvgIpc) is 2.39. The third-order valence-corrected chi connectivity index (χ3v) is 4.41. The summed E-state index contributed by atoms with van der Waals surface area (Å²) >= 11 is 6.82. The van der Waals surface area contributed by atoms with Gasteiger partial charge in [0.15, 0.2) is 0 Å². The molecule has 19 heavy (non-hydrogen) atoms. The molecule has 1 unspecified atom stereocenters. The van der Waals surface area contributed by atoms with Crippen LogP contribution < -0.4 is 0 Å². The lowest BCUT2D eigenvalue weighted by Gasteiger charge is -2.27. The molecular formula is C14H17Br2NO2. The van der Waals surface area contributed by atoms with E-state index in [4.69, 9.17) is 4.74 Å². The average molecular weight is 391 g/mol. The second-order valence-corrected chi connectivity index (χ2v) is 6.57. The van der Waals surface area contributed by atoms with E-state index in [0.717, 1.165) is 28.4 Å². The summed E-state index contributed by atoms with van der Waals surface area (Å²) in [6, 6.07) is 5.59. The van der Waals surface area contributed by atoms with Crippen LogP contribution in [0.15, 0.2) is 27.1 Å². The van der Waals surface area contributed by atoms with Gasteiger partial charge in [0, 0.05) is 29.1 Å². The van der Waals surface area contributed by atoms with Crippen LogP contribution in [0.4, 0.5) is 0 Å². The molecule has 3 nitrogen and oxygen atoms in total. The zero-order chi connectivity index (χ0) is 13.8. The molecule has 1 amide bonds. The van der Waals surface area contributed by atoms with Gasteiger partial charge in [-0.15, -0.1) is 0 Å². The van der Waals surface area contributed by atoms with Crippen LogP contribution in [0.1, 0.15) is 29.6 Å². The molecule has 1 aromatic rings. The van der Waals surface area contributed by atoms with Gasteiger partial charge in [-0.05, 0) is 53.4 Å². The number of nitrogens with zero attached hydrogens (tertiary/aromatic N) is 1. The molecule has 1 aliphatic heterocycles. The number of hydrogen-bond donors (Lipinski definition) is 0. The van der Waals surface area contributed by atoms with Gasteiger partial charge in [-0.25, -0.2) is 0 Å². The fourth-order valence-electron chi connectivity index (χ4n) is 2.21. The van der Waals surface area contributed by atoms with Crippen molar-refractivity contribution in [2.75, 3.05) is 20.2 Å². The highest BCUT2D eigenvalue weighted by atomic mass is 79.9. The van der Waals surface area contributed by atoms with Crippen molar-refractivity contribution in [1.29, 1.82) is 0 Å². The summed E-state index contributed by atoms with van der Waals surface area (Å²) in [5.41, 5.74) is 0.682. The molecule has 5 heteroatoms. The topological polar surface area (TPSA) is 29.5 Å². The molecule has 0 aliphatic carbocycles. The van der Waals surface area contributed by atoms with Crippen LogP contribution in [-0.4, -0.2) is 37.1 Å². The lowest BCUT2D eigenvalue weighted by molar-refractivity contribution is -0.000204. The molecule has 0 N–H and O–H groups in total. The third-order valence-electron chi connectivity index (χ3n) is 3.26. The highest BCUT2D eigenvalue weighted by molar-refractivity contribution is 9.11. The molecule has 0 spiro atoms. The zero-order valence-corrected chi connectivity index (χ0v) is 14.0. The minimum Gasteiger partial charge on any atom is -0.376 e. The number of ether oxygens (including phenoxy) is 1. The molecule has 1 fully saturated rings. The van der Waals surface area contributed by atoms with E-state index in [1.54, 1.807) is 4.90 Å². The molecule has 0 aromatic heterocycles. The smallest absolute Gasteiger partial charge is 0.254 e. The van der Waals surface area contributed by atoms with Gasteiger partial charge in [0.1, 0.15) is 0 Å². The maximum atomic E-state index is 12.4. The number of benzene rings is 1.